The van der Waals surface area contributed by atoms with E-state index in [1.54, 1.807) is 4.68 Å². The number of nitrogens with one attached hydrogen (secondary N) is 1. The molecule has 0 unspecified atom stereocenters. The Labute approximate surface area is 164 Å². The Balaban J connectivity index is 1.68. The van der Waals surface area contributed by atoms with Crippen LogP contribution in [0, 0.1) is 0 Å². The van der Waals surface area contributed by atoms with E-state index in [1.807, 2.05) is 50.2 Å². The zero-order valence-corrected chi connectivity index (χ0v) is 16.6. The summed E-state index contributed by atoms with van der Waals surface area (Å²) in [5.41, 5.74) is 3.31. The van der Waals surface area contributed by atoms with E-state index in [0.717, 1.165) is 42.6 Å². The highest BCUT2D eigenvalue weighted by atomic mass is 16.5. The molecule has 1 atom stereocenters. The van der Waals surface area contributed by atoms with E-state index in [1.165, 1.54) is 6.42 Å². The molecule has 0 spiro atoms. The fraction of sp³-hybridized carbons (Fsp3) is 0.500. The van der Waals surface area contributed by atoms with Gasteiger partial charge in [0.2, 0.25) is 5.95 Å². The summed E-state index contributed by atoms with van der Waals surface area (Å²) >= 11 is 0. The summed E-state index contributed by atoms with van der Waals surface area (Å²) in [6.07, 6.45) is 5.30. The summed E-state index contributed by atoms with van der Waals surface area (Å²) in [6.45, 7) is 1.87. The molecule has 1 N–H and O–H groups in total. The molecule has 0 saturated heterocycles. The van der Waals surface area contributed by atoms with Crippen molar-refractivity contribution in [2.24, 2.45) is 0 Å². The Morgan fingerprint density at radius 1 is 1.18 bits per heavy atom. The summed E-state index contributed by atoms with van der Waals surface area (Å²) in [4.78, 5) is 15.2. The van der Waals surface area contributed by atoms with Gasteiger partial charge in [-0.3, -0.25) is 0 Å². The number of hydrogen-bond acceptors (Lipinski definition) is 7. The van der Waals surface area contributed by atoms with Crippen molar-refractivity contribution in [2.45, 2.75) is 51.2 Å². The maximum absolute atomic E-state index is 13.2. The van der Waals surface area contributed by atoms with E-state index in [-0.39, 0.29) is 12.1 Å². The van der Waals surface area contributed by atoms with E-state index in [0.29, 0.717) is 11.5 Å². The van der Waals surface area contributed by atoms with Crippen LogP contribution in [0.25, 0.3) is 0 Å². The lowest BCUT2D eigenvalue weighted by molar-refractivity contribution is -0.146. The molecule has 1 aliphatic carbocycles. The number of allylic oxidation sites excluding steroid dienone is 1. The van der Waals surface area contributed by atoms with Crippen LogP contribution in [0.3, 0.4) is 0 Å². The minimum Gasteiger partial charge on any atom is -0.459 e. The highest BCUT2D eigenvalue weighted by Gasteiger charge is 2.36. The number of esters is 1. The van der Waals surface area contributed by atoms with Gasteiger partial charge in [0.15, 0.2) is 0 Å². The number of carbonyl (C=O) groups is 1. The average molecular weight is 382 g/mol. The summed E-state index contributed by atoms with van der Waals surface area (Å²) in [6, 6.07) is 7.66. The van der Waals surface area contributed by atoms with Crippen molar-refractivity contribution >= 4 is 17.6 Å². The van der Waals surface area contributed by atoms with Crippen molar-refractivity contribution in [2.75, 3.05) is 24.3 Å². The van der Waals surface area contributed by atoms with Gasteiger partial charge in [-0.1, -0.05) is 23.7 Å². The molecule has 8 heteroatoms. The second kappa shape index (κ2) is 7.61. The van der Waals surface area contributed by atoms with E-state index < -0.39 is 6.04 Å². The van der Waals surface area contributed by atoms with Gasteiger partial charge in [0, 0.05) is 25.5 Å². The minimum absolute atomic E-state index is 0.00594. The zero-order valence-electron chi connectivity index (χ0n) is 16.6. The van der Waals surface area contributed by atoms with Crippen LogP contribution in [0.1, 0.15) is 50.6 Å². The van der Waals surface area contributed by atoms with Gasteiger partial charge in [0.1, 0.15) is 12.1 Å². The molecule has 1 fully saturated rings. The fourth-order valence-electron chi connectivity index (χ4n) is 3.94. The van der Waals surface area contributed by atoms with Crippen LogP contribution in [0.2, 0.25) is 0 Å². The normalized spacial score (nSPS) is 19.8. The minimum atomic E-state index is -0.418. The molecule has 148 valence electrons. The molecule has 2 aliphatic rings. The molecular formula is C20H26N6O2. The summed E-state index contributed by atoms with van der Waals surface area (Å²) in [5.74, 6) is 0.230. The molecule has 1 saturated carbocycles. The third-order valence-corrected chi connectivity index (χ3v) is 5.49. The molecule has 1 aliphatic heterocycles. The Morgan fingerprint density at radius 3 is 2.57 bits per heavy atom. The zero-order chi connectivity index (χ0) is 19.7. The number of tetrazole rings is 1. The Hall–Kier alpha value is -2.90. The van der Waals surface area contributed by atoms with Gasteiger partial charge in [-0.15, -0.1) is 0 Å². The van der Waals surface area contributed by atoms with Gasteiger partial charge in [0.05, 0.1) is 5.57 Å². The Morgan fingerprint density at radius 2 is 1.89 bits per heavy atom. The van der Waals surface area contributed by atoms with Gasteiger partial charge in [0.25, 0.3) is 0 Å². The van der Waals surface area contributed by atoms with Crippen molar-refractivity contribution < 1.29 is 9.53 Å². The van der Waals surface area contributed by atoms with Gasteiger partial charge < -0.3 is 15.0 Å². The topological polar surface area (TPSA) is 85.2 Å². The lowest BCUT2D eigenvalue weighted by Gasteiger charge is -2.29. The van der Waals surface area contributed by atoms with Crippen LogP contribution in [-0.4, -0.2) is 46.4 Å². The smallest absolute Gasteiger partial charge is 0.338 e. The monoisotopic (exact) mass is 382 g/mol. The standard InChI is InChI=1S/C20H26N6O2/c1-13-17(19(27)28-16-7-5-4-6-8-16)18(26-20(21-13)22-23-24-26)14-9-11-15(12-10-14)25(2)3/h9-12,16,18H,4-8H2,1-3H3,(H,21,22,24)/t18-/m0/s1. The highest BCUT2D eigenvalue weighted by molar-refractivity contribution is 5.92. The molecular weight excluding hydrogens is 356 g/mol. The van der Waals surface area contributed by atoms with Crippen LogP contribution in [0.5, 0.6) is 0 Å². The first kappa shape index (κ1) is 18.5. The van der Waals surface area contributed by atoms with E-state index in [9.17, 15) is 4.79 Å². The Bertz CT molecular complexity index is 880. The molecule has 4 rings (SSSR count). The van der Waals surface area contributed by atoms with Crippen LogP contribution in [-0.2, 0) is 9.53 Å². The van der Waals surface area contributed by atoms with Gasteiger partial charge >= 0.3 is 5.97 Å². The van der Waals surface area contributed by atoms with E-state index in [4.69, 9.17) is 4.74 Å². The van der Waals surface area contributed by atoms with Gasteiger partial charge in [-0.2, -0.15) is 4.68 Å². The molecule has 2 heterocycles. The maximum Gasteiger partial charge on any atom is 0.338 e. The van der Waals surface area contributed by atoms with Crippen LogP contribution < -0.4 is 10.2 Å². The molecule has 0 amide bonds. The molecule has 0 radical (unpaired) electrons. The maximum atomic E-state index is 13.2. The van der Waals surface area contributed by atoms with E-state index >= 15 is 0 Å². The average Bonchev–Trinajstić information content (AvgIpc) is 3.15. The number of ether oxygens (including phenoxy) is 1. The molecule has 1 aromatic carbocycles. The molecule has 28 heavy (non-hydrogen) atoms. The number of rotatable bonds is 4. The summed E-state index contributed by atoms with van der Waals surface area (Å²) in [7, 11) is 3.99. The van der Waals surface area contributed by atoms with Crippen LogP contribution in [0.15, 0.2) is 35.5 Å². The van der Waals surface area contributed by atoms with Crippen molar-refractivity contribution in [3.05, 3.63) is 41.1 Å². The first-order valence-corrected chi connectivity index (χ1v) is 9.78. The van der Waals surface area contributed by atoms with Crippen molar-refractivity contribution in [1.82, 2.24) is 20.2 Å². The number of nitrogens with zero attached hydrogens (tertiary/aromatic N) is 5. The third-order valence-electron chi connectivity index (χ3n) is 5.49. The predicted octanol–water partition coefficient (Wildman–Crippen LogP) is 2.90. The van der Waals surface area contributed by atoms with Gasteiger partial charge in [-0.05, 0) is 60.7 Å². The number of fused-ring (bicyclic) bond motifs is 1. The Kier molecular flexibility index (Phi) is 5.02. The predicted molar refractivity (Wildman–Crippen MR) is 106 cm³/mol. The fourth-order valence-corrected chi connectivity index (χ4v) is 3.94. The van der Waals surface area contributed by atoms with Crippen LogP contribution >= 0.6 is 0 Å². The lowest BCUT2D eigenvalue weighted by atomic mass is 9.94. The number of carbonyl (C=O) groups excluding carboxylic acids is 1. The first-order valence-electron chi connectivity index (χ1n) is 9.78. The van der Waals surface area contributed by atoms with Crippen molar-refractivity contribution in [3.63, 3.8) is 0 Å². The van der Waals surface area contributed by atoms with E-state index in [2.05, 4.69) is 20.8 Å². The van der Waals surface area contributed by atoms with Gasteiger partial charge in [-0.25, -0.2) is 4.79 Å². The third kappa shape index (κ3) is 3.46. The number of anilines is 2. The number of benzene rings is 1. The molecule has 0 bridgehead atoms. The highest BCUT2D eigenvalue weighted by Crippen LogP contribution is 2.36. The quantitative estimate of drug-likeness (QED) is 0.814. The number of hydrogen-bond donors (Lipinski definition) is 1. The lowest BCUT2D eigenvalue weighted by Crippen LogP contribution is -2.32. The summed E-state index contributed by atoms with van der Waals surface area (Å²) < 4.78 is 7.53. The largest absolute Gasteiger partial charge is 0.459 e. The van der Waals surface area contributed by atoms with Crippen LogP contribution in [0.4, 0.5) is 11.6 Å². The molecule has 2 aromatic rings. The SMILES string of the molecule is CC1=C(C(=O)OC2CCCCC2)[C@H](c2ccc(N(C)C)cc2)n2nnnc2N1. The summed E-state index contributed by atoms with van der Waals surface area (Å²) in [5, 5.41) is 15.1. The second-order valence-electron chi connectivity index (χ2n) is 7.66. The second-order valence-corrected chi connectivity index (χ2v) is 7.66. The van der Waals surface area contributed by atoms with Crippen molar-refractivity contribution in [1.29, 1.82) is 0 Å². The first-order chi connectivity index (χ1) is 13.5. The molecule has 8 nitrogen and oxygen atoms in total. The number of aromatic nitrogens is 4. The van der Waals surface area contributed by atoms with Crippen molar-refractivity contribution in [3.8, 4) is 0 Å². The molecule has 1 aromatic heterocycles.